The van der Waals surface area contributed by atoms with Gasteiger partial charge in [0.2, 0.25) is 11.8 Å². The summed E-state index contributed by atoms with van der Waals surface area (Å²) in [5, 5.41) is 5.72. The Balaban J connectivity index is 1.55. The van der Waals surface area contributed by atoms with Gasteiger partial charge in [-0.2, -0.15) is 0 Å². The highest BCUT2D eigenvalue weighted by Gasteiger charge is 2.26. The van der Waals surface area contributed by atoms with E-state index in [2.05, 4.69) is 10.6 Å². The average molecular weight is 468 g/mol. The van der Waals surface area contributed by atoms with Crippen LogP contribution in [0.5, 0.6) is 5.75 Å². The smallest absolute Gasteiger partial charge is 0.254 e. The standard InChI is InChI=1S/C26H33N3O5/c1-17-15-29(16-18(2)34-17)26(32)22-7-5-20(6-8-22)14-27-25(31)13-24(28-19(3)30)21-9-11-23(33-4)12-10-21/h5-12,17-18,24H,13-16H2,1-4H3,(H,27,31)(H,28,30). The van der Waals surface area contributed by atoms with E-state index in [1.54, 1.807) is 31.4 Å². The van der Waals surface area contributed by atoms with Crippen LogP contribution in [0.4, 0.5) is 0 Å². The van der Waals surface area contributed by atoms with Crippen molar-refractivity contribution in [3.8, 4) is 5.75 Å². The van der Waals surface area contributed by atoms with Gasteiger partial charge >= 0.3 is 0 Å². The number of ether oxygens (including phenoxy) is 2. The maximum absolute atomic E-state index is 12.8. The second-order valence-corrected chi connectivity index (χ2v) is 8.67. The minimum atomic E-state index is -0.443. The SMILES string of the molecule is COc1ccc(C(CC(=O)NCc2ccc(C(=O)N3CC(C)OC(C)C3)cc2)NC(C)=O)cc1. The van der Waals surface area contributed by atoms with Gasteiger partial charge in [0, 0.05) is 32.1 Å². The van der Waals surface area contributed by atoms with Crippen LogP contribution < -0.4 is 15.4 Å². The molecule has 1 heterocycles. The number of rotatable bonds is 8. The van der Waals surface area contributed by atoms with Crippen molar-refractivity contribution in [3.05, 3.63) is 65.2 Å². The molecule has 3 atom stereocenters. The Hall–Kier alpha value is -3.39. The molecule has 3 unspecified atom stereocenters. The van der Waals surface area contributed by atoms with Gasteiger partial charge in [-0.15, -0.1) is 0 Å². The fourth-order valence-electron chi connectivity index (χ4n) is 4.08. The molecule has 8 heteroatoms. The van der Waals surface area contributed by atoms with E-state index in [0.717, 1.165) is 11.1 Å². The van der Waals surface area contributed by atoms with Crippen LogP contribution in [0, 0.1) is 0 Å². The van der Waals surface area contributed by atoms with Crippen molar-refractivity contribution in [3.63, 3.8) is 0 Å². The van der Waals surface area contributed by atoms with E-state index in [4.69, 9.17) is 9.47 Å². The number of methoxy groups -OCH3 is 1. The zero-order valence-electron chi connectivity index (χ0n) is 20.2. The minimum absolute atomic E-state index is 0.0152. The maximum atomic E-state index is 12.8. The number of morpholine rings is 1. The van der Waals surface area contributed by atoms with Crippen molar-refractivity contribution in [2.24, 2.45) is 0 Å². The molecule has 1 fully saturated rings. The van der Waals surface area contributed by atoms with E-state index >= 15 is 0 Å². The largest absolute Gasteiger partial charge is 0.497 e. The molecule has 8 nitrogen and oxygen atoms in total. The Morgan fingerprint density at radius 1 is 1.03 bits per heavy atom. The predicted octanol–water partition coefficient (Wildman–Crippen LogP) is 2.83. The van der Waals surface area contributed by atoms with E-state index in [9.17, 15) is 14.4 Å². The molecule has 1 aliphatic heterocycles. The molecule has 0 aromatic heterocycles. The third-order valence-corrected chi connectivity index (χ3v) is 5.68. The second-order valence-electron chi connectivity index (χ2n) is 8.67. The molecule has 182 valence electrons. The molecule has 2 aromatic rings. The summed E-state index contributed by atoms with van der Waals surface area (Å²) >= 11 is 0. The van der Waals surface area contributed by atoms with E-state index in [-0.39, 0.29) is 36.4 Å². The highest BCUT2D eigenvalue weighted by atomic mass is 16.5. The minimum Gasteiger partial charge on any atom is -0.497 e. The van der Waals surface area contributed by atoms with Crippen molar-refractivity contribution >= 4 is 17.7 Å². The molecule has 2 aromatic carbocycles. The Kier molecular flexibility index (Phi) is 8.65. The molecule has 0 bridgehead atoms. The molecule has 0 saturated carbocycles. The van der Waals surface area contributed by atoms with Crippen LogP contribution in [-0.4, -0.2) is 55.0 Å². The topological polar surface area (TPSA) is 97.0 Å². The molecule has 0 spiro atoms. The van der Waals surface area contributed by atoms with Crippen molar-refractivity contribution in [1.29, 1.82) is 0 Å². The number of carbonyl (C=O) groups excluding carboxylic acids is 3. The maximum Gasteiger partial charge on any atom is 0.254 e. The summed E-state index contributed by atoms with van der Waals surface area (Å²) in [6.45, 7) is 6.83. The number of nitrogens with zero attached hydrogens (tertiary/aromatic N) is 1. The first kappa shape index (κ1) is 25.2. The molecule has 0 aliphatic carbocycles. The number of hydrogen-bond donors (Lipinski definition) is 2. The molecule has 34 heavy (non-hydrogen) atoms. The lowest BCUT2D eigenvalue weighted by atomic mass is 10.0. The summed E-state index contributed by atoms with van der Waals surface area (Å²) in [4.78, 5) is 38.9. The summed E-state index contributed by atoms with van der Waals surface area (Å²) in [5.74, 6) is 0.286. The number of carbonyl (C=O) groups is 3. The summed E-state index contributed by atoms with van der Waals surface area (Å²) < 4.78 is 10.9. The van der Waals surface area contributed by atoms with Crippen molar-refractivity contribution < 1.29 is 23.9 Å². The van der Waals surface area contributed by atoms with Gasteiger partial charge in [0.1, 0.15) is 5.75 Å². The van der Waals surface area contributed by atoms with Crippen LogP contribution in [0.15, 0.2) is 48.5 Å². The average Bonchev–Trinajstić information content (AvgIpc) is 2.81. The molecule has 1 aliphatic rings. The van der Waals surface area contributed by atoms with Crippen LogP contribution in [0.25, 0.3) is 0 Å². The first-order valence-corrected chi connectivity index (χ1v) is 11.5. The van der Waals surface area contributed by atoms with Crippen LogP contribution in [-0.2, 0) is 20.9 Å². The quantitative estimate of drug-likeness (QED) is 0.622. The van der Waals surface area contributed by atoms with Crippen molar-refractivity contribution in [1.82, 2.24) is 15.5 Å². The fraction of sp³-hybridized carbons (Fsp3) is 0.423. The molecule has 3 rings (SSSR count). The molecule has 1 saturated heterocycles. The number of nitrogens with one attached hydrogen (secondary N) is 2. The number of benzene rings is 2. The van der Waals surface area contributed by atoms with Crippen molar-refractivity contribution in [2.75, 3.05) is 20.2 Å². The Bertz CT molecular complexity index is 981. The third-order valence-electron chi connectivity index (χ3n) is 5.68. The highest BCUT2D eigenvalue weighted by Crippen LogP contribution is 2.21. The van der Waals surface area contributed by atoms with Crippen LogP contribution in [0.1, 0.15) is 54.7 Å². The van der Waals surface area contributed by atoms with Crippen molar-refractivity contribution in [2.45, 2.75) is 52.0 Å². The zero-order chi connectivity index (χ0) is 24.7. The van der Waals surface area contributed by atoms with Crippen LogP contribution >= 0.6 is 0 Å². The lowest BCUT2D eigenvalue weighted by Crippen LogP contribution is -2.48. The third kappa shape index (κ3) is 7.05. The number of amides is 3. The van der Waals surface area contributed by atoms with Crippen LogP contribution in [0.3, 0.4) is 0 Å². The molecule has 0 radical (unpaired) electrons. The molecule has 3 amide bonds. The second kappa shape index (κ2) is 11.7. The van der Waals surface area contributed by atoms with E-state index in [1.165, 1.54) is 6.92 Å². The Morgan fingerprint density at radius 2 is 1.65 bits per heavy atom. The van der Waals surface area contributed by atoms with Gasteiger partial charge in [-0.25, -0.2) is 0 Å². The predicted molar refractivity (Wildman–Crippen MR) is 128 cm³/mol. The number of hydrogen-bond acceptors (Lipinski definition) is 5. The monoisotopic (exact) mass is 467 g/mol. The van der Waals surface area contributed by atoms with E-state index < -0.39 is 6.04 Å². The molecular weight excluding hydrogens is 434 g/mol. The van der Waals surface area contributed by atoms with Gasteiger partial charge in [-0.3, -0.25) is 14.4 Å². The van der Waals surface area contributed by atoms with Gasteiger partial charge in [0.25, 0.3) is 5.91 Å². The summed E-state index contributed by atoms with van der Waals surface area (Å²) in [7, 11) is 1.58. The van der Waals surface area contributed by atoms with Gasteiger partial charge in [-0.1, -0.05) is 24.3 Å². The fourth-order valence-corrected chi connectivity index (χ4v) is 4.08. The van der Waals surface area contributed by atoms with Gasteiger partial charge < -0.3 is 25.0 Å². The molecule has 2 N–H and O–H groups in total. The lowest BCUT2D eigenvalue weighted by molar-refractivity contribution is -0.122. The van der Waals surface area contributed by atoms with Gasteiger partial charge in [0.15, 0.2) is 0 Å². The highest BCUT2D eigenvalue weighted by molar-refractivity contribution is 5.94. The summed E-state index contributed by atoms with van der Waals surface area (Å²) in [6.07, 6.45) is 0.137. The van der Waals surface area contributed by atoms with Gasteiger partial charge in [0.05, 0.1) is 31.8 Å². The zero-order valence-corrected chi connectivity index (χ0v) is 20.2. The van der Waals surface area contributed by atoms with E-state index in [1.807, 2.05) is 43.0 Å². The summed E-state index contributed by atoms with van der Waals surface area (Å²) in [6, 6.07) is 14.1. The molecular formula is C26H33N3O5. The van der Waals surface area contributed by atoms with Gasteiger partial charge in [-0.05, 0) is 49.2 Å². The normalized spacial score (nSPS) is 18.6. The van der Waals surface area contributed by atoms with E-state index in [0.29, 0.717) is 30.9 Å². The first-order chi connectivity index (χ1) is 16.2. The lowest BCUT2D eigenvalue weighted by Gasteiger charge is -2.35. The van der Waals surface area contributed by atoms with Crippen LogP contribution in [0.2, 0.25) is 0 Å². The Morgan fingerprint density at radius 3 is 2.21 bits per heavy atom. The Labute approximate surface area is 200 Å². The first-order valence-electron chi connectivity index (χ1n) is 11.5. The summed E-state index contributed by atoms with van der Waals surface area (Å²) in [5.41, 5.74) is 2.32.